The molecule has 2 atom stereocenters. The van der Waals surface area contributed by atoms with E-state index in [1.54, 1.807) is 6.92 Å². The predicted molar refractivity (Wildman–Crippen MR) is 63.5 cm³/mol. The number of aromatic nitrogens is 2. The Hall–Kier alpha value is -1.96. The van der Waals surface area contributed by atoms with Gasteiger partial charge in [0.25, 0.3) is 11.7 Å². The summed E-state index contributed by atoms with van der Waals surface area (Å²) in [7, 11) is 0. The van der Waals surface area contributed by atoms with Crippen LogP contribution in [0.15, 0.2) is 4.52 Å². The first-order valence-electron chi connectivity index (χ1n) is 6.22. The van der Waals surface area contributed by atoms with Crippen LogP contribution in [0.5, 0.6) is 0 Å². The SMILES string of the molecule is CC[C@@H](NC(=O)c1noc(C2CCCN2)n1)C(=O)O. The number of carbonyl (C=O) groups is 2. The van der Waals surface area contributed by atoms with Gasteiger partial charge in [-0.25, -0.2) is 4.79 Å². The number of hydrogen-bond acceptors (Lipinski definition) is 6. The Morgan fingerprint density at radius 2 is 2.42 bits per heavy atom. The molecule has 104 valence electrons. The molecule has 1 amide bonds. The summed E-state index contributed by atoms with van der Waals surface area (Å²) in [6, 6.07) is -0.963. The second-order valence-corrected chi connectivity index (χ2v) is 4.38. The first kappa shape index (κ1) is 13.5. The highest BCUT2D eigenvalue weighted by atomic mass is 16.5. The van der Waals surface area contributed by atoms with Gasteiger partial charge in [0.15, 0.2) is 0 Å². The van der Waals surface area contributed by atoms with Crippen LogP contribution in [0.25, 0.3) is 0 Å². The van der Waals surface area contributed by atoms with Crippen LogP contribution in [0, 0.1) is 0 Å². The Bertz CT molecular complexity index is 467. The molecule has 0 aliphatic carbocycles. The first-order valence-corrected chi connectivity index (χ1v) is 6.22. The molecule has 19 heavy (non-hydrogen) atoms. The molecule has 1 aromatic rings. The van der Waals surface area contributed by atoms with Crippen LogP contribution in [0.1, 0.15) is 48.7 Å². The lowest BCUT2D eigenvalue weighted by Crippen LogP contribution is -2.40. The van der Waals surface area contributed by atoms with Gasteiger partial charge in [-0.1, -0.05) is 12.1 Å². The highest BCUT2D eigenvalue weighted by Gasteiger charge is 2.26. The van der Waals surface area contributed by atoms with E-state index in [4.69, 9.17) is 9.63 Å². The van der Waals surface area contributed by atoms with Crippen molar-refractivity contribution in [1.29, 1.82) is 0 Å². The van der Waals surface area contributed by atoms with Crippen molar-refractivity contribution < 1.29 is 19.2 Å². The standard InChI is InChI=1S/C11H16N4O4/c1-2-6(11(17)18)13-9(16)8-14-10(19-15-8)7-4-3-5-12-7/h6-7,12H,2-5H2,1H3,(H,13,16)(H,17,18)/t6-,7?/m1/s1. The minimum absolute atomic E-state index is 0.0181. The lowest BCUT2D eigenvalue weighted by atomic mass is 10.2. The van der Waals surface area contributed by atoms with E-state index in [2.05, 4.69) is 20.8 Å². The average molecular weight is 268 g/mol. The number of amides is 1. The van der Waals surface area contributed by atoms with Gasteiger partial charge < -0.3 is 20.3 Å². The molecular formula is C11H16N4O4. The van der Waals surface area contributed by atoms with Gasteiger partial charge in [-0.05, 0) is 25.8 Å². The van der Waals surface area contributed by atoms with E-state index >= 15 is 0 Å². The fourth-order valence-electron chi connectivity index (χ4n) is 1.93. The topological polar surface area (TPSA) is 117 Å². The Morgan fingerprint density at radius 3 is 3.00 bits per heavy atom. The molecule has 2 heterocycles. The lowest BCUT2D eigenvalue weighted by Gasteiger charge is -2.09. The lowest BCUT2D eigenvalue weighted by molar-refractivity contribution is -0.139. The number of carboxylic acid groups (broad SMARTS) is 1. The summed E-state index contributed by atoms with van der Waals surface area (Å²) in [4.78, 5) is 26.6. The second-order valence-electron chi connectivity index (χ2n) is 4.38. The fraction of sp³-hybridized carbons (Fsp3) is 0.636. The molecule has 8 heteroatoms. The molecule has 1 aliphatic rings. The smallest absolute Gasteiger partial charge is 0.326 e. The van der Waals surface area contributed by atoms with Gasteiger partial charge in [-0.3, -0.25) is 4.79 Å². The zero-order valence-corrected chi connectivity index (χ0v) is 10.5. The molecule has 0 bridgehead atoms. The molecular weight excluding hydrogens is 252 g/mol. The maximum absolute atomic E-state index is 11.8. The van der Waals surface area contributed by atoms with E-state index in [1.807, 2.05) is 0 Å². The third-order valence-corrected chi connectivity index (χ3v) is 3.01. The number of rotatable bonds is 5. The Kier molecular flexibility index (Phi) is 4.10. The summed E-state index contributed by atoms with van der Waals surface area (Å²) in [5.41, 5.74) is 0. The molecule has 1 aromatic heterocycles. The number of nitrogens with one attached hydrogen (secondary N) is 2. The largest absolute Gasteiger partial charge is 0.480 e. The van der Waals surface area contributed by atoms with E-state index in [9.17, 15) is 9.59 Å². The zero-order valence-electron chi connectivity index (χ0n) is 10.5. The summed E-state index contributed by atoms with van der Waals surface area (Å²) >= 11 is 0. The van der Waals surface area contributed by atoms with E-state index in [0.717, 1.165) is 19.4 Å². The maximum Gasteiger partial charge on any atom is 0.326 e. The van der Waals surface area contributed by atoms with Crippen LogP contribution in [-0.4, -0.2) is 39.7 Å². The van der Waals surface area contributed by atoms with Gasteiger partial charge >= 0.3 is 5.97 Å². The molecule has 0 aromatic carbocycles. The van der Waals surface area contributed by atoms with Gasteiger partial charge in [-0.15, -0.1) is 0 Å². The first-order chi connectivity index (χ1) is 9.11. The van der Waals surface area contributed by atoms with Crippen molar-refractivity contribution in [2.75, 3.05) is 6.54 Å². The minimum Gasteiger partial charge on any atom is -0.480 e. The van der Waals surface area contributed by atoms with Crippen molar-refractivity contribution in [3.8, 4) is 0 Å². The van der Waals surface area contributed by atoms with Crippen LogP contribution >= 0.6 is 0 Å². The number of nitrogens with zero attached hydrogens (tertiary/aromatic N) is 2. The van der Waals surface area contributed by atoms with Gasteiger partial charge in [0.1, 0.15) is 6.04 Å². The number of hydrogen-bond donors (Lipinski definition) is 3. The molecule has 1 unspecified atom stereocenters. The molecule has 0 spiro atoms. The van der Waals surface area contributed by atoms with Crippen LogP contribution in [0.2, 0.25) is 0 Å². The van der Waals surface area contributed by atoms with Crippen molar-refractivity contribution >= 4 is 11.9 Å². The molecule has 8 nitrogen and oxygen atoms in total. The van der Waals surface area contributed by atoms with Gasteiger partial charge in [0, 0.05) is 0 Å². The summed E-state index contributed by atoms with van der Waals surface area (Å²) in [5.74, 6) is -1.49. The molecule has 1 fully saturated rings. The average Bonchev–Trinajstić information content (AvgIpc) is 3.04. The summed E-state index contributed by atoms with van der Waals surface area (Å²) in [5, 5.41) is 17.9. The molecule has 0 radical (unpaired) electrons. The minimum atomic E-state index is -1.09. The van der Waals surface area contributed by atoms with Crippen LogP contribution < -0.4 is 10.6 Å². The summed E-state index contributed by atoms with van der Waals surface area (Å²) in [6.07, 6.45) is 2.19. The van der Waals surface area contributed by atoms with Crippen molar-refractivity contribution in [1.82, 2.24) is 20.8 Å². The molecule has 0 saturated carbocycles. The highest BCUT2D eigenvalue weighted by Crippen LogP contribution is 2.20. The monoisotopic (exact) mass is 268 g/mol. The number of carbonyl (C=O) groups excluding carboxylic acids is 1. The molecule has 1 aliphatic heterocycles. The van der Waals surface area contributed by atoms with E-state index in [0.29, 0.717) is 5.89 Å². The number of aliphatic carboxylic acids is 1. The summed E-state index contributed by atoms with van der Waals surface area (Å²) in [6.45, 7) is 2.55. The van der Waals surface area contributed by atoms with Gasteiger partial charge in [-0.2, -0.15) is 4.98 Å². The Labute approximate surface area is 109 Å². The molecule has 1 saturated heterocycles. The van der Waals surface area contributed by atoms with E-state index < -0.39 is 17.9 Å². The third-order valence-electron chi connectivity index (χ3n) is 3.01. The van der Waals surface area contributed by atoms with Gasteiger partial charge in [0.05, 0.1) is 6.04 Å². The molecule has 3 N–H and O–H groups in total. The predicted octanol–water partition coefficient (Wildman–Crippen LogP) is 0.0871. The quantitative estimate of drug-likeness (QED) is 0.692. The number of carboxylic acids is 1. The molecule has 2 rings (SSSR count). The van der Waals surface area contributed by atoms with Crippen LogP contribution in [0.4, 0.5) is 0 Å². The third kappa shape index (κ3) is 3.08. The Balaban J connectivity index is 2.01. The van der Waals surface area contributed by atoms with E-state index in [-0.39, 0.29) is 18.3 Å². The fourth-order valence-corrected chi connectivity index (χ4v) is 1.93. The van der Waals surface area contributed by atoms with Crippen LogP contribution in [0.3, 0.4) is 0 Å². The van der Waals surface area contributed by atoms with Crippen molar-refractivity contribution in [3.05, 3.63) is 11.7 Å². The normalized spacial score (nSPS) is 20.2. The van der Waals surface area contributed by atoms with Crippen molar-refractivity contribution in [3.63, 3.8) is 0 Å². The Morgan fingerprint density at radius 1 is 1.63 bits per heavy atom. The zero-order chi connectivity index (χ0) is 13.8. The summed E-state index contributed by atoms with van der Waals surface area (Å²) < 4.78 is 5.01. The second kappa shape index (κ2) is 5.79. The van der Waals surface area contributed by atoms with E-state index in [1.165, 1.54) is 0 Å². The van der Waals surface area contributed by atoms with Gasteiger partial charge in [0.2, 0.25) is 5.89 Å². The van der Waals surface area contributed by atoms with Crippen molar-refractivity contribution in [2.24, 2.45) is 0 Å². The maximum atomic E-state index is 11.8. The highest BCUT2D eigenvalue weighted by molar-refractivity contribution is 5.93. The van der Waals surface area contributed by atoms with Crippen molar-refractivity contribution in [2.45, 2.75) is 38.3 Å². The van der Waals surface area contributed by atoms with Crippen LogP contribution in [-0.2, 0) is 4.79 Å².